The third-order valence-corrected chi connectivity index (χ3v) is 3.24. The summed E-state index contributed by atoms with van der Waals surface area (Å²) in [4.78, 5) is 4.16. The first-order valence-corrected chi connectivity index (χ1v) is 6.48. The van der Waals surface area contributed by atoms with Crippen LogP contribution in [0.2, 0.25) is 0 Å². The highest BCUT2D eigenvalue weighted by Gasteiger charge is 2.06. The maximum Gasteiger partial charge on any atom is 0.0314 e. The Morgan fingerprint density at radius 3 is 2.67 bits per heavy atom. The summed E-state index contributed by atoms with van der Waals surface area (Å²) in [5.41, 5.74) is 3.96. The number of pyridine rings is 1. The van der Waals surface area contributed by atoms with Gasteiger partial charge in [-0.3, -0.25) is 4.98 Å². The van der Waals surface area contributed by atoms with Crippen LogP contribution in [0.25, 0.3) is 0 Å². The highest BCUT2D eigenvalue weighted by Crippen LogP contribution is 2.18. The lowest BCUT2D eigenvalue weighted by Crippen LogP contribution is -2.15. The molecule has 2 nitrogen and oxygen atoms in total. The highest BCUT2D eigenvalue weighted by atomic mass is 14.9. The number of nitrogens with zero attached hydrogens (tertiary/aromatic N) is 1. The lowest BCUT2D eigenvalue weighted by atomic mass is 9.99. The van der Waals surface area contributed by atoms with E-state index >= 15 is 0 Å². The van der Waals surface area contributed by atoms with E-state index in [1.807, 2.05) is 25.5 Å². The standard InChI is InChI=1S/C16H20N2/c1-3-16(17-2)15-8-4-6-13(11-15)10-14-7-5-9-18-12-14/h4-9,11-12,16-17H,3,10H2,1-2H3. The van der Waals surface area contributed by atoms with Crippen molar-refractivity contribution >= 4 is 0 Å². The zero-order valence-electron chi connectivity index (χ0n) is 11.1. The fourth-order valence-corrected chi connectivity index (χ4v) is 2.26. The van der Waals surface area contributed by atoms with Crippen LogP contribution in [0.15, 0.2) is 48.8 Å². The van der Waals surface area contributed by atoms with Crippen LogP contribution < -0.4 is 5.32 Å². The molecule has 18 heavy (non-hydrogen) atoms. The van der Waals surface area contributed by atoms with E-state index in [1.54, 1.807) is 0 Å². The molecule has 0 aliphatic carbocycles. The maximum absolute atomic E-state index is 4.16. The number of aromatic nitrogens is 1. The fourth-order valence-electron chi connectivity index (χ4n) is 2.26. The van der Waals surface area contributed by atoms with Gasteiger partial charge in [0.25, 0.3) is 0 Å². The average molecular weight is 240 g/mol. The van der Waals surface area contributed by atoms with Gasteiger partial charge in [0, 0.05) is 18.4 Å². The van der Waals surface area contributed by atoms with Crippen molar-refractivity contribution in [3.8, 4) is 0 Å². The van der Waals surface area contributed by atoms with Crippen molar-refractivity contribution in [2.75, 3.05) is 7.05 Å². The Morgan fingerprint density at radius 1 is 1.17 bits per heavy atom. The Hall–Kier alpha value is -1.67. The van der Waals surface area contributed by atoms with Gasteiger partial charge in [-0.05, 0) is 42.6 Å². The number of rotatable bonds is 5. The summed E-state index contributed by atoms with van der Waals surface area (Å²) in [5.74, 6) is 0. The van der Waals surface area contributed by atoms with Gasteiger partial charge in [0.1, 0.15) is 0 Å². The molecule has 0 aliphatic heterocycles. The molecule has 2 rings (SSSR count). The molecule has 1 aromatic carbocycles. The summed E-state index contributed by atoms with van der Waals surface area (Å²) in [5, 5.41) is 3.35. The molecule has 1 atom stereocenters. The number of benzene rings is 1. The van der Waals surface area contributed by atoms with Crippen LogP contribution in [-0.2, 0) is 6.42 Å². The predicted octanol–water partition coefficient (Wildman–Crippen LogP) is 3.34. The largest absolute Gasteiger partial charge is 0.313 e. The molecule has 0 saturated carbocycles. The maximum atomic E-state index is 4.16. The van der Waals surface area contributed by atoms with Gasteiger partial charge in [-0.25, -0.2) is 0 Å². The second-order valence-electron chi connectivity index (χ2n) is 4.53. The van der Waals surface area contributed by atoms with E-state index in [2.05, 4.69) is 47.6 Å². The van der Waals surface area contributed by atoms with E-state index in [4.69, 9.17) is 0 Å². The fraction of sp³-hybridized carbons (Fsp3) is 0.312. The molecule has 1 aromatic heterocycles. The Balaban J connectivity index is 2.17. The van der Waals surface area contributed by atoms with Gasteiger partial charge in [-0.15, -0.1) is 0 Å². The van der Waals surface area contributed by atoms with Crippen LogP contribution in [0.3, 0.4) is 0 Å². The summed E-state index contributed by atoms with van der Waals surface area (Å²) in [7, 11) is 2.02. The summed E-state index contributed by atoms with van der Waals surface area (Å²) in [6.07, 6.45) is 5.80. The van der Waals surface area contributed by atoms with Crippen LogP contribution in [-0.4, -0.2) is 12.0 Å². The van der Waals surface area contributed by atoms with Crippen molar-refractivity contribution < 1.29 is 0 Å². The van der Waals surface area contributed by atoms with Gasteiger partial charge in [0.05, 0.1) is 0 Å². The van der Waals surface area contributed by atoms with Gasteiger partial charge in [-0.1, -0.05) is 37.3 Å². The first kappa shape index (κ1) is 12.8. The molecule has 2 aromatic rings. The van der Waals surface area contributed by atoms with Crippen molar-refractivity contribution in [1.82, 2.24) is 10.3 Å². The molecule has 0 saturated heterocycles. The van der Waals surface area contributed by atoms with E-state index in [-0.39, 0.29) is 0 Å². The molecule has 94 valence electrons. The minimum Gasteiger partial charge on any atom is -0.313 e. The molecular formula is C16H20N2. The second kappa shape index (κ2) is 6.31. The lowest BCUT2D eigenvalue weighted by Gasteiger charge is -2.15. The SMILES string of the molecule is CCC(NC)c1cccc(Cc2cccnc2)c1. The first-order valence-electron chi connectivity index (χ1n) is 6.48. The van der Waals surface area contributed by atoms with E-state index in [1.165, 1.54) is 16.7 Å². The van der Waals surface area contributed by atoms with Crippen LogP contribution in [0.1, 0.15) is 36.1 Å². The van der Waals surface area contributed by atoms with Gasteiger partial charge in [0.2, 0.25) is 0 Å². The zero-order valence-corrected chi connectivity index (χ0v) is 11.1. The normalized spacial score (nSPS) is 12.3. The smallest absolute Gasteiger partial charge is 0.0314 e. The van der Waals surface area contributed by atoms with Crippen LogP contribution in [0.4, 0.5) is 0 Å². The molecule has 2 heteroatoms. The topological polar surface area (TPSA) is 24.9 Å². The van der Waals surface area contributed by atoms with E-state index in [0.29, 0.717) is 6.04 Å². The summed E-state index contributed by atoms with van der Waals surface area (Å²) in [6.45, 7) is 2.20. The van der Waals surface area contributed by atoms with Gasteiger partial charge < -0.3 is 5.32 Å². The number of hydrogen-bond donors (Lipinski definition) is 1. The zero-order chi connectivity index (χ0) is 12.8. The quantitative estimate of drug-likeness (QED) is 0.867. The summed E-state index contributed by atoms with van der Waals surface area (Å²) >= 11 is 0. The lowest BCUT2D eigenvalue weighted by molar-refractivity contribution is 0.576. The number of nitrogens with one attached hydrogen (secondary N) is 1. The molecule has 1 N–H and O–H groups in total. The molecule has 0 amide bonds. The van der Waals surface area contributed by atoms with Crippen LogP contribution >= 0.6 is 0 Å². The Labute approximate surface area is 109 Å². The third kappa shape index (κ3) is 3.17. The Morgan fingerprint density at radius 2 is 2.00 bits per heavy atom. The molecule has 1 unspecified atom stereocenters. The van der Waals surface area contributed by atoms with Gasteiger partial charge in [-0.2, -0.15) is 0 Å². The van der Waals surface area contributed by atoms with E-state index in [0.717, 1.165) is 12.8 Å². The minimum atomic E-state index is 0.443. The molecular weight excluding hydrogens is 220 g/mol. The van der Waals surface area contributed by atoms with Crippen molar-refractivity contribution in [3.05, 3.63) is 65.5 Å². The molecule has 1 heterocycles. The van der Waals surface area contributed by atoms with E-state index in [9.17, 15) is 0 Å². The van der Waals surface area contributed by atoms with Crippen LogP contribution in [0, 0.1) is 0 Å². The van der Waals surface area contributed by atoms with Crippen molar-refractivity contribution in [1.29, 1.82) is 0 Å². The van der Waals surface area contributed by atoms with Crippen molar-refractivity contribution in [3.63, 3.8) is 0 Å². The molecule has 0 fully saturated rings. The van der Waals surface area contributed by atoms with Gasteiger partial charge in [0.15, 0.2) is 0 Å². The Bertz CT molecular complexity index is 475. The van der Waals surface area contributed by atoms with Crippen molar-refractivity contribution in [2.24, 2.45) is 0 Å². The molecule has 0 radical (unpaired) electrons. The Kier molecular flexibility index (Phi) is 4.48. The molecule has 0 bridgehead atoms. The molecule has 0 aliphatic rings. The predicted molar refractivity (Wildman–Crippen MR) is 75.6 cm³/mol. The first-order chi connectivity index (χ1) is 8.83. The number of hydrogen-bond acceptors (Lipinski definition) is 2. The summed E-state index contributed by atoms with van der Waals surface area (Å²) in [6, 6.07) is 13.4. The van der Waals surface area contributed by atoms with Crippen molar-refractivity contribution in [2.45, 2.75) is 25.8 Å². The minimum absolute atomic E-state index is 0.443. The second-order valence-corrected chi connectivity index (χ2v) is 4.53. The third-order valence-electron chi connectivity index (χ3n) is 3.24. The summed E-state index contributed by atoms with van der Waals surface area (Å²) < 4.78 is 0. The monoisotopic (exact) mass is 240 g/mol. The van der Waals surface area contributed by atoms with E-state index < -0.39 is 0 Å². The van der Waals surface area contributed by atoms with Gasteiger partial charge >= 0.3 is 0 Å². The highest BCUT2D eigenvalue weighted by molar-refractivity contribution is 5.30. The average Bonchev–Trinajstić information content (AvgIpc) is 2.42. The molecule has 0 spiro atoms. The van der Waals surface area contributed by atoms with Crippen LogP contribution in [0.5, 0.6) is 0 Å².